The Bertz CT molecular complexity index is 1450. The molecular weight excluding hydrogens is 937 g/mol. The summed E-state index contributed by atoms with van der Waals surface area (Å²) in [7, 11) is 0. The fraction of sp³-hybridized carbons (Fsp3) is 0.757. The molecule has 76 heavy (non-hydrogen) atoms. The van der Waals surface area contributed by atoms with Gasteiger partial charge in [-0.1, -0.05) is 292 Å². The second-order valence-corrected chi connectivity index (χ2v) is 21.6. The second kappa shape index (κ2) is 64.1. The topological polar surface area (TPSA) is 78.9 Å². The maximum Gasteiger partial charge on any atom is 0.306 e. The molecule has 438 valence electrons. The molecule has 0 aliphatic carbocycles. The number of unbranched alkanes of at least 4 members (excludes halogenated alkanes) is 34. The molecule has 6 heteroatoms. The van der Waals surface area contributed by atoms with E-state index in [0.29, 0.717) is 19.3 Å². The van der Waals surface area contributed by atoms with Gasteiger partial charge in [0.1, 0.15) is 13.2 Å². The lowest BCUT2D eigenvalue weighted by atomic mass is 10.0. The Balaban J connectivity index is 4.04. The molecule has 0 bridgehead atoms. The number of hydrogen-bond donors (Lipinski definition) is 0. The zero-order chi connectivity index (χ0) is 55.0. The van der Waals surface area contributed by atoms with E-state index >= 15 is 0 Å². The molecule has 0 aromatic rings. The van der Waals surface area contributed by atoms with Gasteiger partial charge in [-0.15, -0.1) is 0 Å². The number of esters is 3. The smallest absolute Gasteiger partial charge is 0.306 e. The van der Waals surface area contributed by atoms with Crippen LogP contribution in [0.15, 0.2) is 85.1 Å². The predicted octanol–water partition coefficient (Wildman–Crippen LogP) is 22.3. The molecule has 0 amide bonds. The molecule has 0 saturated heterocycles. The van der Waals surface area contributed by atoms with Crippen LogP contribution in [0.5, 0.6) is 0 Å². The summed E-state index contributed by atoms with van der Waals surface area (Å²) in [6, 6.07) is 0. The molecule has 0 fully saturated rings. The molecule has 0 radical (unpaired) electrons. The van der Waals surface area contributed by atoms with E-state index in [-0.39, 0.29) is 31.1 Å². The number of ether oxygens (including phenoxy) is 3. The van der Waals surface area contributed by atoms with Crippen LogP contribution in [0, 0.1) is 0 Å². The number of carbonyl (C=O) groups excluding carboxylic acids is 3. The van der Waals surface area contributed by atoms with Crippen LogP contribution in [-0.4, -0.2) is 37.2 Å². The molecule has 0 spiro atoms. The Morgan fingerprint density at radius 1 is 0.276 bits per heavy atom. The fourth-order valence-corrected chi connectivity index (χ4v) is 9.27. The molecule has 1 atom stereocenters. The van der Waals surface area contributed by atoms with E-state index in [9.17, 15) is 14.4 Å². The van der Waals surface area contributed by atoms with Crippen molar-refractivity contribution in [2.75, 3.05) is 13.2 Å². The van der Waals surface area contributed by atoms with Gasteiger partial charge in [0.2, 0.25) is 0 Å². The lowest BCUT2D eigenvalue weighted by molar-refractivity contribution is -0.167. The first-order chi connectivity index (χ1) is 37.5. The van der Waals surface area contributed by atoms with Crippen LogP contribution in [0.3, 0.4) is 0 Å². The third-order valence-corrected chi connectivity index (χ3v) is 14.1. The van der Waals surface area contributed by atoms with Crippen molar-refractivity contribution < 1.29 is 28.6 Å². The van der Waals surface area contributed by atoms with Gasteiger partial charge in [0.05, 0.1) is 0 Å². The van der Waals surface area contributed by atoms with Crippen LogP contribution in [0.2, 0.25) is 0 Å². The first-order valence-corrected chi connectivity index (χ1v) is 32.6. The third-order valence-electron chi connectivity index (χ3n) is 14.1. The fourth-order valence-electron chi connectivity index (χ4n) is 9.27. The Labute approximate surface area is 471 Å². The van der Waals surface area contributed by atoms with Crippen LogP contribution in [-0.2, 0) is 28.6 Å². The summed E-state index contributed by atoms with van der Waals surface area (Å²) in [5.74, 6) is -0.885. The average molecular weight is 1060 g/mol. The Morgan fingerprint density at radius 2 is 0.513 bits per heavy atom. The van der Waals surface area contributed by atoms with Gasteiger partial charge < -0.3 is 14.2 Å². The van der Waals surface area contributed by atoms with Crippen molar-refractivity contribution in [3.8, 4) is 0 Å². The molecule has 0 saturated carbocycles. The van der Waals surface area contributed by atoms with Crippen LogP contribution in [0.4, 0.5) is 0 Å². The molecule has 1 unspecified atom stereocenters. The zero-order valence-electron chi connectivity index (χ0n) is 50.3. The Kier molecular flexibility index (Phi) is 61.2. The molecule has 0 heterocycles. The van der Waals surface area contributed by atoms with Gasteiger partial charge in [0.25, 0.3) is 0 Å². The number of rotatable bonds is 59. The summed E-state index contributed by atoms with van der Waals surface area (Å²) in [6.07, 6.45) is 84.9. The highest BCUT2D eigenvalue weighted by Crippen LogP contribution is 2.17. The van der Waals surface area contributed by atoms with E-state index in [4.69, 9.17) is 14.2 Å². The van der Waals surface area contributed by atoms with E-state index in [1.165, 1.54) is 180 Å². The molecule has 0 rings (SSSR count). The Morgan fingerprint density at radius 3 is 0.803 bits per heavy atom. The van der Waals surface area contributed by atoms with Crippen molar-refractivity contribution in [3.63, 3.8) is 0 Å². The monoisotopic (exact) mass is 1060 g/mol. The van der Waals surface area contributed by atoms with Crippen molar-refractivity contribution in [1.29, 1.82) is 0 Å². The SMILES string of the molecule is CC/C=C\C/C=C\C/C=C\C/C=C\CCCCCCCCCCC(=O)OC(COC(=O)CCCCCCCC)COC(=O)CCCCCCCCCCCCCCCCCC/C=C\C/C=C\C/C=C\CCCCCCC. The van der Waals surface area contributed by atoms with Gasteiger partial charge in [-0.05, 0) is 96.3 Å². The molecule has 0 aliphatic rings. The highest BCUT2D eigenvalue weighted by Gasteiger charge is 2.19. The summed E-state index contributed by atoms with van der Waals surface area (Å²) in [5, 5.41) is 0. The number of hydrogen-bond acceptors (Lipinski definition) is 6. The number of allylic oxidation sites excluding steroid dienone is 14. The molecule has 0 aliphatic heterocycles. The van der Waals surface area contributed by atoms with Gasteiger partial charge in [-0.2, -0.15) is 0 Å². The Hall–Kier alpha value is -3.41. The van der Waals surface area contributed by atoms with Crippen molar-refractivity contribution in [3.05, 3.63) is 85.1 Å². The maximum absolute atomic E-state index is 12.8. The predicted molar refractivity (Wildman–Crippen MR) is 330 cm³/mol. The van der Waals surface area contributed by atoms with Crippen LogP contribution in [0.1, 0.15) is 323 Å². The first kappa shape index (κ1) is 72.6. The lowest BCUT2D eigenvalue weighted by Crippen LogP contribution is -2.30. The van der Waals surface area contributed by atoms with Gasteiger partial charge in [-0.25, -0.2) is 0 Å². The van der Waals surface area contributed by atoms with Crippen LogP contribution in [0.25, 0.3) is 0 Å². The van der Waals surface area contributed by atoms with E-state index in [1.54, 1.807) is 0 Å². The molecule has 0 N–H and O–H groups in total. The highest BCUT2D eigenvalue weighted by atomic mass is 16.6. The van der Waals surface area contributed by atoms with Crippen molar-refractivity contribution in [1.82, 2.24) is 0 Å². The normalized spacial score (nSPS) is 12.6. The summed E-state index contributed by atoms with van der Waals surface area (Å²) < 4.78 is 16.8. The van der Waals surface area contributed by atoms with Crippen molar-refractivity contribution in [2.24, 2.45) is 0 Å². The van der Waals surface area contributed by atoms with Crippen molar-refractivity contribution in [2.45, 2.75) is 329 Å². The third kappa shape index (κ3) is 61.4. The summed E-state index contributed by atoms with van der Waals surface area (Å²) >= 11 is 0. The average Bonchev–Trinajstić information content (AvgIpc) is 3.42. The van der Waals surface area contributed by atoms with Gasteiger partial charge >= 0.3 is 17.9 Å². The molecule has 0 aromatic carbocycles. The van der Waals surface area contributed by atoms with E-state index in [2.05, 4.69) is 106 Å². The van der Waals surface area contributed by atoms with Gasteiger partial charge in [-0.3, -0.25) is 14.4 Å². The van der Waals surface area contributed by atoms with E-state index in [1.807, 2.05) is 0 Å². The minimum atomic E-state index is -0.778. The summed E-state index contributed by atoms with van der Waals surface area (Å²) in [5.41, 5.74) is 0. The highest BCUT2D eigenvalue weighted by molar-refractivity contribution is 5.71. The summed E-state index contributed by atoms with van der Waals surface area (Å²) in [4.78, 5) is 38.0. The first-order valence-electron chi connectivity index (χ1n) is 32.6. The molecular formula is C70H122O6. The number of carbonyl (C=O) groups is 3. The standard InChI is InChI=1S/C70H122O6/c1-4-7-10-13-16-18-20-22-24-26-28-30-31-32-33-34-35-36-37-38-39-41-42-44-46-48-50-52-54-57-60-63-69(72)75-66-67(65-74-68(71)62-59-56-15-12-9-6-3)76-70(73)64-61-58-55-53-51-49-47-45-43-40-29-27-25-23-21-19-17-14-11-8-5-2/h8,11,17,19-20,22-23,25-26,28-29,31-32,40,67H,4-7,9-10,12-16,18,21,24,27,30,33-39,41-66H2,1-3H3/b11-8-,19-17-,22-20-,25-23-,28-26-,32-31-,40-29-. The van der Waals surface area contributed by atoms with Crippen molar-refractivity contribution >= 4 is 17.9 Å². The largest absolute Gasteiger partial charge is 0.462 e. The maximum atomic E-state index is 12.8. The van der Waals surface area contributed by atoms with E-state index in [0.717, 1.165) is 103 Å². The quantitative estimate of drug-likeness (QED) is 0.0261. The van der Waals surface area contributed by atoms with E-state index < -0.39 is 6.10 Å². The van der Waals surface area contributed by atoms with Crippen LogP contribution < -0.4 is 0 Å². The van der Waals surface area contributed by atoms with Crippen LogP contribution >= 0.6 is 0 Å². The summed E-state index contributed by atoms with van der Waals surface area (Å²) in [6.45, 7) is 6.48. The molecule has 6 nitrogen and oxygen atoms in total. The minimum Gasteiger partial charge on any atom is -0.462 e. The minimum absolute atomic E-state index is 0.0774. The second-order valence-electron chi connectivity index (χ2n) is 21.6. The van der Waals surface area contributed by atoms with Gasteiger partial charge in [0, 0.05) is 19.3 Å². The zero-order valence-corrected chi connectivity index (χ0v) is 50.3. The van der Waals surface area contributed by atoms with Gasteiger partial charge in [0.15, 0.2) is 6.10 Å². The lowest BCUT2D eigenvalue weighted by Gasteiger charge is -2.18. The molecule has 0 aromatic heterocycles.